The average molecular weight is 579 g/mol. The number of aromatic nitrogens is 4. The predicted octanol–water partition coefficient (Wildman–Crippen LogP) is 3.54. The summed E-state index contributed by atoms with van der Waals surface area (Å²) >= 11 is 0. The summed E-state index contributed by atoms with van der Waals surface area (Å²) in [6, 6.07) is 10.6. The van der Waals surface area contributed by atoms with Gasteiger partial charge in [0.05, 0.1) is 11.2 Å². The van der Waals surface area contributed by atoms with E-state index in [1.807, 2.05) is 23.1 Å². The molecule has 4 rings (SSSR count). The van der Waals surface area contributed by atoms with Crippen LogP contribution in [0.3, 0.4) is 0 Å². The topological polar surface area (TPSA) is 142 Å². The summed E-state index contributed by atoms with van der Waals surface area (Å²) in [6.45, 7) is 4.25. The Morgan fingerprint density at radius 3 is 2.10 bits per heavy atom. The van der Waals surface area contributed by atoms with Gasteiger partial charge in [-0.1, -0.05) is 23.4 Å². The number of carboxylic acid groups (broad SMARTS) is 2. The standard InChI is InChI=1S/C20H25N5O.2C2HF3O2/c26-12-8-18-15-25(23-22-18)13-16-6-10-24(11-7-16)14-17-3-1-5-20-19(17)4-2-9-21-20;2*3-2(4,5)1(6)7/h1-5,9,15-16,26H,6-8,10-14H2;2*(H,6,7). The molecule has 3 aromatic rings. The zero-order valence-corrected chi connectivity index (χ0v) is 20.9. The number of alkyl halides is 6. The summed E-state index contributed by atoms with van der Waals surface area (Å²) in [7, 11) is 0. The summed E-state index contributed by atoms with van der Waals surface area (Å²) in [5, 5.41) is 32.8. The van der Waals surface area contributed by atoms with Gasteiger partial charge in [-0.2, -0.15) is 26.3 Å². The van der Waals surface area contributed by atoms with Gasteiger partial charge in [-0.3, -0.25) is 14.6 Å². The first-order valence-corrected chi connectivity index (χ1v) is 11.9. The average Bonchev–Trinajstić information content (AvgIpc) is 3.32. The van der Waals surface area contributed by atoms with Crippen molar-refractivity contribution < 1.29 is 51.3 Å². The largest absolute Gasteiger partial charge is 0.490 e. The molecule has 0 radical (unpaired) electrons. The van der Waals surface area contributed by atoms with E-state index >= 15 is 0 Å². The number of nitrogens with zero attached hydrogens (tertiary/aromatic N) is 5. The number of hydrogen-bond donors (Lipinski definition) is 3. The minimum atomic E-state index is -5.08. The van der Waals surface area contributed by atoms with Crippen LogP contribution in [0, 0.1) is 5.92 Å². The number of halogens is 6. The molecule has 1 aliphatic heterocycles. The van der Waals surface area contributed by atoms with Crippen LogP contribution in [0.5, 0.6) is 0 Å². The van der Waals surface area contributed by atoms with E-state index in [1.165, 1.54) is 23.8 Å². The molecule has 1 aromatic carbocycles. The molecular weight excluding hydrogens is 552 g/mol. The van der Waals surface area contributed by atoms with Gasteiger partial charge in [-0.05, 0) is 49.5 Å². The molecule has 16 heteroatoms. The van der Waals surface area contributed by atoms with Crippen molar-refractivity contribution in [2.45, 2.75) is 44.7 Å². The molecule has 220 valence electrons. The van der Waals surface area contributed by atoms with E-state index in [-0.39, 0.29) is 6.61 Å². The molecule has 0 bridgehead atoms. The number of piperidine rings is 1. The van der Waals surface area contributed by atoms with Crippen LogP contribution in [0.1, 0.15) is 24.1 Å². The third kappa shape index (κ3) is 10.8. The lowest BCUT2D eigenvalue weighted by molar-refractivity contribution is -0.193. The molecule has 0 spiro atoms. The normalized spacial score (nSPS) is 14.6. The van der Waals surface area contributed by atoms with Crippen LogP contribution in [-0.2, 0) is 29.1 Å². The molecule has 1 aliphatic rings. The van der Waals surface area contributed by atoms with Gasteiger partial charge in [0.2, 0.25) is 0 Å². The van der Waals surface area contributed by atoms with E-state index in [1.54, 1.807) is 0 Å². The Hall–Kier alpha value is -3.79. The quantitative estimate of drug-likeness (QED) is 0.374. The Kier molecular flexibility index (Phi) is 11.8. The maximum Gasteiger partial charge on any atom is 0.490 e. The van der Waals surface area contributed by atoms with E-state index in [0.717, 1.165) is 37.4 Å². The SMILES string of the molecule is O=C(O)C(F)(F)F.O=C(O)C(F)(F)F.OCCc1cn(CC2CCN(Cc3cccc4ncccc34)CC2)nn1. The highest BCUT2D eigenvalue weighted by Gasteiger charge is 2.38. The zero-order valence-electron chi connectivity index (χ0n) is 20.9. The second-order valence-electron chi connectivity index (χ2n) is 8.72. The number of hydrogen-bond acceptors (Lipinski definition) is 7. The molecule has 3 heterocycles. The summed E-state index contributed by atoms with van der Waals surface area (Å²) in [4.78, 5) is 24.8. The number of fused-ring (bicyclic) bond motifs is 1. The van der Waals surface area contributed by atoms with Gasteiger partial charge in [0.1, 0.15) is 0 Å². The fourth-order valence-corrected chi connectivity index (χ4v) is 3.79. The van der Waals surface area contributed by atoms with Crippen LogP contribution in [0.4, 0.5) is 26.3 Å². The number of aliphatic hydroxyl groups is 1. The van der Waals surface area contributed by atoms with Crippen molar-refractivity contribution in [1.29, 1.82) is 0 Å². The second-order valence-corrected chi connectivity index (χ2v) is 8.72. The van der Waals surface area contributed by atoms with E-state index in [2.05, 4.69) is 44.5 Å². The summed E-state index contributed by atoms with van der Waals surface area (Å²) in [5.74, 6) is -4.87. The molecule has 40 heavy (non-hydrogen) atoms. The zero-order chi connectivity index (χ0) is 29.9. The Balaban J connectivity index is 0.000000333. The molecule has 10 nitrogen and oxygen atoms in total. The number of carboxylic acids is 2. The van der Waals surface area contributed by atoms with Crippen LogP contribution in [0.2, 0.25) is 0 Å². The molecule has 0 saturated carbocycles. The summed E-state index contributed by atoms with van der Waals surface area (Å²) in [5.41, 5.74) is 3.30. The number of aliphatic carboxylic acids is 2. The monoisotopic (exact) mass is 579 g/mol. The molecule has 0 amide bonds. The minimum Gasteiger partial charge on any atom is -0.475 e. The number of benzene rings is 1. The number of pyridine rings is 1. The van der Waals surface area contributed by atoms with Crippen molar-refractivity contribution in [2.75, 3.05) is 19.7 Å². The third-order valence-corrected chi connectivity index (χ3v) is 5.72. The Labute approximate surface area is 223 Å². The van der Waals surface area contributed by atoms with E-state index in [9.17, 15) is 26.3 Å². The Bertz CT molecular complexity index is 1210. The van der Waals surface area contributed by atoms with Gasteiger partial charge in [0.25, 0.3) is 0 Å². The fraction of sp³-hybridized carbons (Fsp3) is 0.458. The van der Waals surface area contributed by atoms with Crippen molar-refractivity contribution in [3.63, 3.8) is 0 Å². The second kappa shape index (κ2) is 14.6. The first-order valence-electron chi connectivity index (χ1n) is 11.9. The highest BCUT2D eigenvalue weighted by molar-refractivity contribution is 5.81. The minimum absolute atomic E-state index is 0.126. The van der Waals surface area contributed by atoms with Gasteiger partial charge in [0.15, 0.2) is 0 Å². The molecular formula is C24H27F6N5O5. The Morgan fingerprint density at radius 1 is 0.950 bits per heavy atom. The van der Waals surface area contributed by atoms with Crippen molar-refractivity contribution in [3.8, 4) is 0 Å². The Morgan fingerprint density at radius 2 is 1.55 bits per heavy atom. The molecule has 1 saturated heterocycles. The van der Waals surface area contributed by atoms with Crippen molar-refractivity contribution in [3.05, 3.63) is 54.0 Å². The van der Waals surface area contributed by atoms with Crippen LogP contribution in [0.25, 0.3) is 10.9 Å². The van der Waals surface area contributed by atoms with Gasteiger partial charge in [-0.15, -0.1) is 5.10 Å². The number of rotatable bonds is 6. The number of aliphatic hydroxyl groups excluding tert-OH is 1. The lowest BCUT2D eigenvalue weighted by atomic mass is 9.96. The smallest absolute Gasteiger partial charge is 0.475 e. The summed E-state index contributed by atoms with van der Waals surface area (Å²) < 4.78 is 65.4. The maximum absolute atomic E-state index is 10.6. The van der Waals surface area contributed by atoms with Gasteiger partial charge >= 0.3 is 24.3 Å². The number of carbonyl (C=O) groups is 2. The van der Waals surface area contributed by atoms with Crippen molar-refractivity contribution in [1.82, 2.24) is 24.9 Å². The lowest BCUT2D eigenvalue weighted by Gasteiger charge is -2.32. The first kappa shape index (κ1) is 32.4. The molecule has 0 unspecified atom stereocenters. The summed E-state index contributed by atoms with van der Waals surface area (Å²) in [6.07, 6.45) is -3.41. The van der Waals surface area contributed by atoms with E-state index < -0.39 is 24.3 Å². The molecule has 3 N–H and O–H groups in total. The van der Waals surface area contributed by atoms with Crippen LogP contribution < -0.4 is 0 Å². The molecule has 2 aromatic heterocycles. The fourth-order valence-electron chi connectivity index (χ4n) is 3.79. The van der Waals surface area contributed by atoms with Crippen LogP contribution in [0.15, 0.2) is 42.7 Å². The highest BCUT2D eigenvalue weighted by atomic mass is 19.4. The first-order chi connectivity index (χ1) is 18.7. The van der Waals surface area contributed by atoms with Crippen LogP contribution in [-0.4, -0.2) is 84.2 Å². The van der Waals surface area contributed by atoms with E-state index in [0.29, 0.717) is 12.3 Å². The lowest BCUT2D eigenvalue weighted by Crippen LogP contribution is -2.34. The van der Waals surface area contributed by atoms with E-state index in [4.69, 9.17) is 24.9 Å². The predicted molar refractivity (Wildman–Crippen MR) is 128 cm³/mol. The van der Waals surface area contributed by atoms with Crippen LogP contribution >= 0.6 is 0 Å². The maximum atomic E-state index is 10.6. The van der Waals surface area contributed by atoms with Crippen molar-refractivity contribution >= 4 is 22.8 Å². The van der Waals surface area contributed by atoms with Crippen molar-refractivity contribution in [2.24, 2.45) is 5.92 Å². The third-order valence-electron chi connectivity index (χ3n) is 5.72. The van der Waals surface area contributed by atoms with Gasteiger partial charge in [-0.25, -0.2) is 9.59 Å². The highest BCUT2D eigenvalue weighted by Crippen LogP contribution is 2.23. The van der Waals surface area contributed by atoms with Gasteiger partial charge < -0.3 is 15.3 Å². The molecule has 0 aliphatic carbocycles. The number of likely N-dealkylation sites (tertiary alicyclic amines) is 1. The molecule has 1 fully saturated rings. The van der Waals surface area contributed by atoms with Gasteiger partial charge in [0, 0.05) is 43.9 Å². The molecule has 0 atom stereocenters.